The fourth-order valence-corrected chi connectivity index (χ4v) is 2.49. The minimum absolute atomic E-state index is 0.0918. The smallest absolute Gasteiger partial charge is 0.321 e. The van der Waals surface area contributed by atoms with Gasteiger partial charge in [0.15, 0.2) is 0 Å². The van der Waals surface area contributed by atoms with Crippen LogP contribution in [0, 0.1) is 13.8 Å². The third kappa shape index (κ3) is 7.57. The lowest BCUT2D eigenvalue weighted by atomic mass is 10.1. The van der Waals surface area contributed by atoms with Gasteiger partial charge >= 0.3 is 5.97 Å². The molecule has 5 N–H and O–H groups in total. The van der Waals surface area contributed by atoms with Gasteiger partial charge in [-0.1, -0.05) is 30.5 Å². The lowest BCUT2D eigenvalue weighted by molar-refractivity contribution is -0.141. The second-order valence-corrected chi connectivity index (χ2v) is 6.12. The summed E-state index contributed by atoms with van der Waals surface area (Å²) in [7, 11) is 0. The summed E-state index contributed by atoms with van der Waals surface area (Å²) in [6, 6.07) is 4.86. The van der Waals surface area contributed by atoms with Crippen molar-refractivity contribution in [2.45, 2.75) is 52.0 Å². The molecule has 6 nitrogen and oxygen atoms in total. The maximum absolute atomic E-state index is 12.1. The first-order valence-electron chi connectivity index (χ1n) is 8.47. The van der Waals surface area contributed by atoms with E-state index in [2.05, 4.69) is 10.6 Å². The second kappa shape index (κ2) is 10.8. The zero-order chi connectivity index (χ0) is 17.9. The van der Waals surface area contributed by atoms with Gasteiger partial charge < -0.3 is 21.5 Å². The van der Waals surface area contributed by atoms with Crippen molar-refractivity contribution in [2.24, 2.45) is 5.73 Å². The number of carbonyl (C=O) groups excluding carboxylic acids is 1. The van der Waals surface area contributed by atoms with E-state index in [9.17, 15) is 14.7 Å². The largest absolute Gasteiger partial charge is 0.480 e. The van der Waals surface area contributed by atoms with Gasteiger partial charge in [-0.15, -0.1) is 0 Å². The van der Waals surface area contributed by atoms with E-state index in [1.54, 1.807) is 0 Å². The van der Waals surface area contributed by atoms with E-state index in [4.69, 9.17) is 5.73 Å². The number of hydrogen-bond donors (Lipinski definition) is 4. The molecule has 1 rings (SSSR count). The molecule has 0 radical (unpaired) electrons. The topological polar surface area (TPSA) is 104 Å². The van der Waals surface area contributed by atoms with Crippen LogP contribution in [-0.2, 0) is 9.59 Å². The quantitative estimate of drug-likeness (QED) is 0.464. The van der Waals surface area contributed by atoms with E-state index >= 15 is 0 Å². The summed E-state index contributed by atoms with van der Waals surface area (Å²) >= 11 is 0. The monoisotopic (exact) mass is 335 g/mol. The number of carboxylic acid groups (broad SMARTS) is 1. The molecule has 0 aliphatic rings. The van der Waals surface area contributed by atoms with Gasteiger partial charge in [-0.25, -0.2) is 0 Å². The van der Waals surface area contributed by atoms with Gasteiger partial charge in [0, 0.05) is 5.69 Å². The summed E-state index contributed by atoms with van der Waals surface area (Å²) < 4.78 is 0. The number of rotatable bonds is 11. The average Bonchev–Trinajstić information content (AvgIpc) is 2.52. The van der Waals surface area contributed by atoms with Gasteiger partial charge in [0.05, 0.1) is 6.42 Å². The van der Waals surface area contributed by atoms with Crippen molar-refractivity contribution in [1.29, 1.82) is 0 Å². The van der Waals surface area contributed by atoms with Crippen LogP contribution in [0.4, 0.5) is 5.69 Å². The van der Waals surface area contributed by atoms with Gasteiger partial charge in [0.2, 0.25) is 5.91 Å². The van der Waals surface area contributed by atoms with Gasteiger partial charge in [-0.2, -0.15) is 0 Å². The standard InChI is InChI=1S/C18H29N3O3/c1-13-7-8-15(14(2)11-13)21-17(22)12-16(18(23)24)20-10-6-4-3-5-9-19/h7-8,11,16,20H,3-6,9-10,12,19H2,1-2H3,(H,21,22)(H,23,24)/t16-/m1/s1. The number of benzene rings is 1. The number of aliphatic carboxylic acids is 1. The van der Waals surface area contributed by atoms with Crippen molar-refractivity contribution >= 4 is 17.6 Å². The number of unbranched alkanes of at least 4 members (excludes halogenated alkanes) is 3. The zero-order valence-electron chi connectivity index (χ0n) is 14.6. The summed E-state index contributed by atoms with van der Waals surface area (Å²) in [5.74, 6) is -1.31. The van der Waals surface area contributed by atoms with E-state index in [1.807, 2.05) is 32.0 Å². The van der Waals surface area contributed by atoms with Crippen LogP contribution in [0.25, 0.3) is 0 Å². The molecule has 0 aromatic heterocycles. The number of anilines is 1. The third-order valence-electron chi connectivity index (χ3n) is 3.87. The molecule has 0 aliphatic carbocycles. The van der Waals surface area contributed by atoms with Crippen LogP contribution in [-0.4, -0.2) is 36.1 Å². The molecule has 6 heteroatoms. The molecule has 0 unspecified atom stereocenters. The minimum atomic E-state index is -1.01. The number of carboxylic acids is 1. The van der Waals surface area contributed by atoms with Crippen LogP contribution in [0.15, 0.2) is 18.2 Å². The second-order valence-electron chi connectivity index (χ2n) is 6.12. The summed E-state index contributed by atoms with van der Waals surface area (Å²) in [5.41, 5.74) is 8.23. The molecule has 24 heavy (non-hydrogen) atoms. The highest BCUT2D eigenvalue weighted by Crippen LogP contribution is 2.16. The normalized spacial score (nSPS) is 12.0. The number of nitrogens with two attached hydrogens (primary N) is 1. The lowest BCUT2D eigenvalue weighted by Crippen LogP contribution is -2.40. The Kier molecular flexibility index (Phi) is 9.04. The maximum atomic E-state index is 12.1. The maximum Gasteiger partial charge on any atom is 0.321 e. The van der Waals surface area contributed by atoms with Crippen LogP contribution < -0.4 is 16.4 Å². The van der Waals surface area contributed by atoms with Crippen molar-refractivity contribution in [2.75, 3.05) is 18.4 Å². The first-order valence-corrected chi connectivity index (χ1v) is 8.47. The Hall–Kier alpha value is -1.92. The molecule has 0 aliphatic heterocycles. The first kappa shape index (κ1) is 20.1. The number of nitrogens with one attached hydrogen (secondary N) is 2. The predicted molar refractivity (Wildman–Crippen MR) is 96.1 cm³/mol. The Morgan fingerprint density at radius 3 is 2.50 bits per heavy atom. The Bertz CT molecular complexity index is 546. The molecule has 0 saturated carbocycles. The van der Waals surface area contributed by atoms with E-state index in [0.717, 1.165) is 42.5 Å². The van der Waals surface area contributed by atoms with Gasteiger partial charge in [0.1, 0.15) is 6.04 Å². The molecule has 1 aromatic rings. The SMILES string of the molecule is Cc1ccc(NC(=O)C[C@@H](NCCCCCCN)C(=O)O)c(C)c1. The van der Waals surface area contributed by atoms with Crippen molar-refractivity contribution in [3.05, 3.63) is 29.3 Å². The molecular formula is C18H29N3O3. The average molecular weight is 335 g/mol. The molecule has 0 spiro atoms. The number of carbonyl (C=O) groups is 2. The van der Waals surface area contributed by atoms with E-state index in [-0.39, 0.29) is 12.3 Å². The molecule has 0 fully saturated rings. The highest BCUT2D eigenvalue weighted by atomic mass is 16.4. The van der Waals surface area contributed by atoms with Gasteiger partial charge in [0.25, 0.3) is 0 Å². The number of aryl methyl sites for hydroxylation is 2. The van der Waals surface area contributed by atoms with Crippen LogP contribution in [0.1, 0.15) is 43.2 Å². The lowest BCUT2D eigenvalue weighted by Gasteiger charge is -2.15. The highest BCUT2D eigenvalue weighted by molar-refractivity contribution is 5.94. The summed E-state index contributed by atoms with van der Waals surface area (Å²) in [6.07, 6.45) is 3.82. The Morgan fingerprint density at radius 2 is 1.88 bits per heavy atom. The molecule has 0 bridgehead atoms. The van der Waals surface area contributed by atoms with Crippen molar-refractivity contribution in [1.82, 2.24) is 5.32 Å². The number of amides is 1. The fourth-order valence-electron chi connectivity index (χ4n) is 2.49. The zero-order valence-corrected chi connectivity index (χ0v) is 14.6. The van der Waals surface area contributed by atoms with Crippen LogP contribution >= 0.6 is 0 Å². The van der Waals surface area contributed by atoms with Crippen LogP contribution in [0.3, 0.4) is 0 Å². The van der Waals surface area contributed by atoms with Gasteiger partial charge in [-0.05, 0) is 51.4 Å². The Morgan fingerprint density at radius 1 is 1.17 bits per heavy atom. The molecule has 1 aromatic carbocycles. The van der Waals surface area contributed by atoms with E-state index < -0.39 is 12.0 Å². The van der Waals surface area contributed by atoms with Gasteiger partial charge in [-0.3, -0.25) is 9.59 Å². The molecule has 1 amide bonds. The summed E-state index contributed by atoms with van der Waals surface area (Å²) in [6.45, 7) is 5.16. The third-order valence-corrected chi connectivity index (χ3v) is 3.87. The first-order chi connectivity index (χ1) is 11.4. The fraction of sp³-hybridized carbons (Fsp3) is 0.556. The molecule has 134 valence electrons. The Labute approximate surface area is 143 Å². The minimum Gasteiger partial charge on any atom is -0.480 e. The molecule has 0 saturated heterocycles. The summed E-state index contributed by atoms with van der Waals surface area (Å²) in [4.78, 5) is 23.4. The van der Waals surface area contributed by atoms with Crippen LogP contribution in [0.5, 0.6) is 0 Å². The van der Waals surface area contributed by atoms with E-state index in [0.29, 0.717) is 13.1 Å². The van der Waals surface area contributed by atoms with Crippen LogP contribution in [0.2, 0.25) is 0 Å². The Balaban J connectivity index is 2.43. The number of hydrogen-bond acceptors (Lipinski definition) is 4. The van der Waals surface area contributed by atoms with Crippen molar-refractivity contribution in [3.63, 3.8) is 0 Å². The highest BCUT2D eigenvalue weighted by Gasteiger charge is 2.20. The van der Waals surface area contributed by atoms with Crippen molar-refractivity contribution < 1.29 is 14.7 Å². The van der Waals surface area contributed by atoms with Crippen molar-refractivity contribution in [3.8, 4) is 0 Å². The summed E-state index contributed by atoms with van der Waals surface area (Å²) in [5, 5.41) is 15.0. The molecule has 1 atom stereocenters. The van der Waals surface area contributed by atoms with E-state index in [1.165, 1.54) is 0 Å². The predicted octanol–water partition coefficient (Wildman–Crippen LogP) is 2.19. The molecule has 0 heterocycles. The molecular weight excluding hydrogens is 306 g/mol.